The Morgan fingerprint density at radius 1 is 1.02 bits per heavy atom. The first-order chi connectivity index (χ1) is 19.3. The standard InChI is InChI=1S/C29H21F2N5O3S/c1-17-26(29(38)36(34(17)2)20-6-4-19(30)5-7-20)23(37)16-18-3-8-24(22(31)15-18)39-25-9-11-33-35-13-10-21(27(25)35)28-32-12-14-40-28/h3-15H,16H2,1-2H3. The molecule has 0 aliphatic carbocycles. The third-order valence-corrected chi connectivity index (χ3v) is 7.47. The number of ketones is 1. The number of hydrogen-bond donors (Lipinski definition) is 0. The van der Waals surface area contributed by atoms with Crippen LogP contribution in [-0.2, 0) is 13.5 Å². The molecular weight excluding hydrogens is 536 g/mol. The van der Waals surface area contributed by atoms with Crippen LogP contribution in [-0.4, -0.2) is 29.7 Å². The Morgan fingerprint density at radius 3 is 2.55 bits per heavy atom. The maximum absolute atomic E-state index is 15.2. The van der Waals surface area contributed by atoms with Crippen LogP contribution in [0.25, 0.3) is 21.8 Å². The summed E-state index contributed by atoms with van der Waals surface area (Å²) in [6, 6.07) is 13.2. The van der Waals surface area contributed by atoms with Crippen molar-refractivity contribution in [2.24, 2.45) is 7.05 Å². The van der Waals surface area contributed by atoms with Gasteiger partial charge in [0.1, 0.15) is 21.9 Å². The van der Waals surface area contributed by atoms with Crippen LogP contribution < -0.4 is 10.3 Å². The summed E-state index contributed by atoms with van der Waals surface area (Å²) in [5, 5.41) is 6.94. The van der Waals surface area contributed by atoms with E-state index >= 15 is 4.39 Å². The minimum Gasteiger partial charge on any atom is -0.452 e. The van der Waals surface area contributed by atoms with Crippen LogP contribution in [0.2, 0.25) is 0 Å². The highest BCUT2D eigenvalue weighted by Gasteiger charge is 2.23. The molecule has 0 fully saturated rings. The van der Waals surface area contributed by atoms with Gasteiger partial charge in [0, 0.05) is 48.6 Å². The number of nitrogens with zero attached hydrogens (tertiary/aromatic N) is 5. The zero-order chi connectivity index (χ0) is 28.0. The Balaban J connectivity index is 1.27. The molecule has 11 heteroatoms. The topological polar surface area (TPSA) is 83.4 Å². The van der Waals surface area contributed by atoms with Crippen molar-refractivity contribution < 1.29 is 18.3 Å². The Kier molecular flexibility index (Phi) is 6.35. The van der Waals surface area contributed by atoms with Gasteiger partial charge < -0.3 is 4.74 Å². The lowest BCUT2D eigenvalue weighted by Crippen LogP contribution is -2.23. The van der Waals surface area contributed by atoms with E-state index in [2.05, 4.69) is 10.1 Å². The van der Waals surface area contributed by atoms with Crippen molar-refractivity contribution >= 4 is 22.6 Å². The van der Waals surface area contributed by atoms with E-state index in [1.807, 2.05) is 11.4 Å². The molecule has 4 heterocycles. The molecule has 8 nitrogen and oxygen atoms in total. The molecule has 0 spiro atoms. The van der Waals surface area contributed by atoms with Crippen LogP contribution in [0.3, 0.4) is 0 Å². The Labute approximate surface area is 230 Å². The van der Waals surface area contributed by atoms with Gasteiger partial charge >= 0.3 is 0 Å². The van der Waals surface area contributed by atoms with Crippen LogP contribution >= 0.6 is 11.3 Å². The molecule has 0 saturated heterocycles. The second-order valence-corrected chi connectivity index (χ2v) is 9.99. The molecule has 0 bridgehead atoms. The summed E-state index contributed by atoms with van der Waals surface area (Å²) in [6.45, 7) is 1.66. The van der Waals surface area contributed by atoms with Gasteiger partial charge in [-0.3, -0.25) is 14.3 Å². The summed E-state index contributed by atoms with van der Waals surface area (Å²) in [5.74, 6) is -1.17. The van der Waals surface area contributed by atoms with E-state index in [-0.39, 0.29) is 17.7 Å². The number of thiazole rings is 1. The van der Waals surface area contributed by atoms with E-state index in [0.717, 1.165) is 10.6 Å². The molecule has 4 aromatic heterocycles. The van der Waals surface area contributed by atoms with Gasteiger partial charge in [0.2, 0.25) is 0 Å². The minimum atomic E-state index is -0.656. The molecule has 0 radical (unpaired) electrons. The number of Topliss-reactive ketones (excluding diaryl/α,β-unsaturated/α-hetero) is 1. The molecule has 2 aromatic carbocycles. The fraction of sp³-hybridized carbons (Fsp3) is 0.103. The summed E-state index contributed by atoms with van der Waals surface area (Å²) < 4.78 is 39.0. The number of carbonyl (C=O) groups excluding carboxylic acids is 1. The predicted molar refractivity (Wildman–Crippen MR) is 147 cm³/mol. The van der Waals surface area contributed by atoms with Crippen LogP contribution in [0.4, 0.5) is 8.78 Å². The molecule has 200 valence electrons. The lowest BCUT2D eigenvalue weighted by molar-refractivity contribution is 0.0991. The zero-order valence-corrected chi connectivity index (χ0v) is 22.2. The van der Waals surface area contributed by atoms with E-state index in [4.69, 9.17) is 4.74 Å². The molecule has 0 aliphatic rings. The number of rotatable bonds is 7. The van der Waals surface area contributed by atoms with Crippen molar-refractivity contribution in [3.8, 4) is 27.8 Å². The minimum absolute atomic E-state index is 0.00492. The first kappa shape index (κ1) is 25.4. The molecule has 6 aromatic rings. The highest BCUT2D eigenvalue weighted by atomic mass is 32.1. The van der Waals surface area contributed by atoms with Crippen molar-refractivity contribution in [3.05, 3.63) is 117 Å². The fourth-order valence-electron chi connectivity index (χ4n) is 4.66. The first-order valence-corrected chi connectivity index (χ1v) is 13.1. The Hall–Kier alpha value is -4.90. The number of benzene rings is 2. The number of halogens is 2. The van der Waals surface area contributed by atoms with Crippen molar-refractivity contribution in [2.75, 3.05) is 0 Å². The van der Waals surface area contributed by atoms with Gasteiger partial charge in [0.05, 0.1) is 11.9 Å². The molecule has 40 heavy (non-hydrogen) atoms. The Morgan fingerprint density at radius 2 is 1.82 bits per heavy atom. The van der Waals surface area contributed by atoms with Crippen molar-refractivity contribution in [2.45, 2.75) is 13.3 Å². The van der Waals surface area contributed by atoms with Gasteiger partial charge in [-0.2, -0.15) is 5.10 Å². The molecular formula is C29H21F2N5O3S. The quantitative estimate of drug-likeness (QED) is 0.234. The van der Waals surface area contributed by atoms with Crippen molar-refractivity contribution in [1.82, 2.24) is 24.0 Å². The maximum atomic E-state index is 15.2. The zero-order valence-electron chi connectivity index (χ0n) is 21.3. The van der Waals surface area contributed by atoms with Crippen LogP contribution in [0.15, 0.2) is 83.4 Å². The van der Waals surface area contributed by atoms with Crippen molar-refractivity contribution in [3.63, 3.8) is 0 Å². The lowest BCUT2D eigenvalue weighted by Gasteiger charge is -2.10. The van der Waals surface area contributed by atoms with Gasteiger partial charge in [-0.1, -0.05) is 6.07 Å². The highest BCUT2D eigenvalue weighted by Crippen LogP contribution is 2.35. The van der Waals surface area contributed by atoms with E-state index in [1.165, 1.54) is 57.1 Å². The van der Waals surface area contributed by atoms with E-state index < -0.39 is 23.0 Å². The van der Waals surface area contributed by atoms with Crippen LogP contribution in [0.1, 0.15) is 21.6 Å². The number of carbonyl (C=O) groups is 1. The largest absolute Gasteiger partial charge is 0.452 e. The monoisotopic (exact) mass is 557 g/mol. The van der Waals surface area contributed by atoms with E-state index in [0.29, 0.717) is 28.2 Å². The molecule has 0 N–H and O–H groups in total. The first-order valence-electron chi connectivity index (χ1n) is 12.2. The van der Waals surface area contributed by atoms with Crippen molar-refractivity contribution in [1.29, 1.82) is 0 Å². The average molecular weight is 558 g/mol. The second-order valence-electron chi connectivity index (χ2n) is 9.10. The summed E-state index contributed by atoms with van der Waals surface area (Å²) in [7, 11) is 1.64. The number of fused-ring (bicyclic) bond motifs is 1. The number of aromatic nitrogens is 5. The third kappa shape index (κ3) is 4.39. The highest BCUT2D eigenvalue weighted by molar-refractivity contribution is 7.13. The Bertz CT molecular complexity index is 1940. The predicted octanol–water partition coefficient (Wildman–Crippen LogP) is 5.75. The molecule has 0 unspecified atom stereocenters. The smallest absolute Gasteiger partial charge is 0.282 e. The number of ether oxygens (including phenoxy) is 1. The number of hydrogen-bond acceptors (Lipinski definition) is 6. The van der Waals surface area contributed by atoms with Gasteiger partial charge in [0.25, 0.3) is 5.56 Å². The SMILES string of the molecule is Cc1c(C(=O)Cc2ccc(Oc3ccnn4ccc(-c5nccs5)c34)c(F)c2)c(=O)n(-c2ccc(F)cc2)n1C. The molecule has 0 atom stereocenters. The van der Waals surface area contributed by atoms with Gasteiger partial charge in [-0.15, -0.1) is 11.3 Å². The average Bonchev–Trinajstić information content (AvgIpc) is 3.66. The van der Waals surface area contributed by atoms with Gasteiger partial charge in [-0.05, 0) is 55.0 Å². The van der Waals surface area contributed by atoms with Crippen LogP contribution in [0, 0.1) is 18.6 Å². The third-order valence-electron chi connectivity index (χ3n) is 6.66. The van der Waals surface area contributed by atoms with E-state index in [9.17, 15) is 14.0 Å². The maximum Gasteiger partial charge on any atom is 0.282 e. The van der Waals surface area contributed by atoms with Gasteiger partial charge in [-0.25, -0.2) is 23.0 Å². The van der Waals surface area contributed by atoms with E-state index in [1.54, 1.807) is 49.2 Å². The molecule has 0 aliphatic heterocycles. The summed E-state index contributed by atoms with van der Waals surface area (Å²) >= 11 is 1.47. The summed E-state index contributed by atoms with van der Waals surface area (Å²) in [4.78, 5) is 30.7. The fourth-order valence-corrected chi connectivity index (χ4v) is 5.32. The summed E-state index contributed by atoms with van der Waals surface area (Å²) in [6.07, 6.45) is 4.85. The van der Waals surface area contributed by atoms with Gasteiger partial charge in [0.15, 0.2) is 23.1 Å². The van der Waals surface area contributed by atoms with Crippen LogP contribution in [0.5, 0.6) is 11.5 Å². The molecule has 6 rings (SSSR count). The normalized spacial score (nSPS) is 11.3. The molecule has 0 amide bonds. The second kappa shape index (κ2) is 10.0. The summed E-state index contributed by atoms with van der Waals surface area (Å²) in [5.41, 5.74) is 2.19. The lowest BCUT2D eigenvalue weighted by atomic mass is 10.0. The molecule has 0 saturated carbocycles.